The molecular formula is C22H19ClN6O5. The number of imide groups is 1. The van der Waals surface area contributed by atoms with Crippen LogP contribution in [0.1, 0.15) is 12.8 Å². The van der Waals surface area contributed by atoms with E-state index in [0.717, 1.165) is 4.90 Å². The van der Waals surface area contributed by atoms with Crippen molar-refractivity contribution in [1.29, 1.82) is 0 Å². The molecule has 0 aliphatic carbocycles. The number of amides is 2. The van der Waals surface area contributed by atoms with Crippen LogP contribution < -0.4 is 14.4 Å². The molecule has 3 aromatic rings. The molecule has 0 N–H and O–H groups in total. The maximum Gasteiger partial charge on any atom is 0.263 e. The Morgan fingerprint density at radius 1 is 1.12 bits per heavy atom. The zero-order chi connectivity index (χ0) is 23.8. The van der Waals surface area contributed by atoms with E-state index in [2.05, 4.69) is 20.5 Å². The van der Waals surface area contributed by atoms with E-state index < -0.39 is 23.9 Å². The van der Waals surface area contributed by atoms with Crippen molar-refractivity contribution in [3.05, 3.63) is 53.4 Å². The summed E-state index contributed by atoms with van der Waals surface area (Å²) < 4.78 is 16.3. The minimum Gasteiger partial charge on any atom is -0.493 e. The topological polar surface area (TPSA) is 123 Å². The maximum atomic E-state index is 13.1. The summed E-state index contributed by atoms with van der Waals surface area (Å²) in [7, 11) is 1.55. The highest BCUT2D eigenvalue weighted by molar-refractivity contribution is 6.31. The van der Waals surface area contributed by atoms with Crippen LogP contribution in [0.25, 0.3) is 11.4 Å². The lowest BCUT2D eigenvalue weighted by atomic mass is 10.1. The normalized spacial score (nSPS) is 19.1. The average molecular weight is 483 g/mol. The van der Waals surface area contributed by atoms with Gasteiger partial charge in [-0.1, -0.05) is 28.0 Å². The van der Waals surface area contributed by atoms with Crippen LogP contribution in [0.2, 0.25) is 5.02 Å². The van der Waals surface area contributed by atoms with Gasteiger partial charge in [0.1, 0.15) is 6.54 Å². The molecule has 174 valence electrons. The number of methoxy groups -OCH3 is 1. The van der Waals surface area contributed by atoms with Crippen LogP contribution in [-0.2, 0) is 16.1 Å². The lowest BCUT2D eigenvalue weighted by molar-refractivity contribution is -0.123. The van der Waals surface area contributed by atoms with Crippen molar-refractivity contribution in [2.24, 2.45) is 10.3 Å². The van der Waals surface area contributed by atoms with Gasteiger partial charge in [-0.3, -0.25) is 14.6 Å². The molecule has 11 nitrogen and oxygen atoms in total. The van der Waals surface area contributed by atoms with Gasteiger partial charge in [0.2, 0.25) is 11.7 Å². The standard InChI is InChI=1S/C22H19ClN6O5/c1-3-33-15-8-7-12(9-16(15)32-2)20-24-17(34-26-20)11-28-19-18(25-27-28)21(30)29(22(19)31)14-6-4-5-13(23)10-14/h4-10,18-19H,3,11H2,1-2H3. The maximum absolute atomic E-state index is 13.1. The van der Waals surface area contributed by atoms with Gasteiger partial charge in [-0.05, 0) is 43.3 Å². The van der Waals surface area contributed by atoms with Gasteiger partial charge in [0.05, 0.1) is 19.4 Å². The molecule has 2 atom stereocenters. The van der Waals surface area contributed by atoms with E-state index in [9.17, 15) is 9.59 Å². The predicted molar refractivity (Wildman–Crippen MR) is 119 cm³/mol. The van der Waals surface area contributed by atoms with Gasteiger partial charge in [0.15, 0.2) is 23.6 Å². The summed E-state index contributed by atoms with van der Waals surface area (Å²) in [5.41, 5.74) is 1.05. The number of nitrogens with zero attached hydrogens (tertiary/aromatic N) is 6. The number of benzene rings is 2. The predicted octanol–water partition coefficient (Wildman–Crippen LogP) is 3.29. The molecule has 0 spiro atoms. The van der Waals surface area contributed by atoms with Crippen molar-refractivity contribution >= 4 is 29.1 Å². The van der Waals surface area contributed by atoms with Gasteiger partial charge in [-0.2, -0.15) is 10.1 Å². The van der Waals surface area contributed by atoms with Gasteiger partial charge < -0.3 is 14.0 Å². The molecule has 0 saturated carbocycles. The molecule has 0 radical (unpaired) electrons. The molecule has 3 heterocycles. The summed E-state index contributed by atoms with van der Waals surface area (Å²) in [6.45, 7) is 2.40. The molecule has 2 aliphatic heterocycles. The number of aromatic nitrogens is 2. The second-order valence-corrected chi connectivity index (χ2v) is 7.93. The number of rotatable bonds is 7. The first-order valence-electron chi connectivity index (χ1n) is 10.4. The Labute approximate surface area is 198 Å². The van der Waals surface area contributed by atoms with Crippen molar-refractivity contribution < 1.29 is 23.6 Å². The summed E-state index contributed by atoms with van der Waals surface area (Å²) in [5, 5.41) is 13.8. The minimum absolute atomic E-state index is 0.00817. The lowest BCUT2D eigenvalue weighted by Crippen LogP contribution is -2.39. The highest BCUT2D eigenvalue weighted by atomic mass is 35.5. The fraction of sp³-hybridized carbons (Fsp3) is 0.273. The minimum atomic E-state index is -0.941. The largest absolute Gasteiger partial charge is 0.493 e. The summed E-state index contributed by atoms with van der Waals surface area (Å²) >= 11 is 6.03. The number of fused-ring (bicyclic) bond motifs is 1. The van der Waals surface area contributed by atoms with Gasteiger partial charge in [0, 0.05) is 10.6 Å². The number of hydrogen-bond donors (Lipinski definition) is 0. The summed E-state index contributed by atoms with van der Waals surface area (Å²) in [5.74, 6) is 0.782. The van der Waals surface area contributed by atoms with Gasteiger partial charge in [-0.15, -0.1) is 0 Å². The second kappa shape index (κ2) is 8.75. The van der Waals surface area contributed by atoms with Crippen LogP contribution in [-0.4, -0.2) is 52.8 Å². The van der Waals surface area contributed by atoms with Crippen LogP contribution in [0, 0.1) is 0 Å². The Balaban J connectivity index is 1.34. The molecule has 2 amide bonds. The Morgan fingerprint density at radius 2 is 1.97 bits per heavy atom. The van der Waals surface area contributed by atoms with Crippen LogP contribution >= 0.6 is 11.6 Å². The lowest BCUT2D eigenvalue weighted by Gasteiger charge is -2.19. The van der Waals surface area contributed by atoms with E-state index >= 15 is 0 Å². The number of carbonyl (C=O) groups excluding carboxylic acids is 2. The van der Waals surface area contributed by atoms with E-state index in [1.807, 2.05) is 6.92 Å². The number of anilines is 1. The fourth-order valence-corrected chi connectivity index (χ4v) is 4.06. The number of hydrogen-bond acceptors (Lipinski definition) is 10. The van der Waals surface area contributed by atoms with Gasteiger partial charge in [0.25, 0.3) is 11.8 Å². The third-order valence-corrected chi connectivity index (χ3v) is 5.65. The molecule has 1 saturated heterocycles. The highest BCUT2D eigenvalue weighted by Gasteiger charge is 2.55. The van der Waals surface area contributed by atoms with Crippen molar-refractivity contribution in [3.8, 4) is 22.9 Å². The number of ether oxygens (including phenoxy) is 2. The molecular weight excluding hydrogens is 464 g/mol. The fourth-order valence-electron chi connectivity index (χ4n) is 3.88. The first-order valence-corrected chi connectivity index (χ1v) is 10.8. The summed E-state index contributed by atoms with van der Waals surface area (Å²) in [4.78, 5) is 31.4. The quantitative estimate of drug-likeness (QED) is 0.470. The van der Waals surface area contributed by atoms with Crippen LogP contribution in [0.5, 0.6) is 11.5 Å². The zero-order valence-corrected chi connectivity index (χ0v) is 19.0. The third kappa shape index (κ3) is 3.73. The third-order valence-electron chi connectivity index (χ3n) is 5.41. The van der Waals surface area contributed by atoms with E-state index in [-0.39, 0.29) is 12.4 Å². The molecule has 2 aliphatic rings. The Morgan fingerprint density at radius 3 is 2.74 bits per heavy atom. The van der Waals surface area contributed by atoms with Crippen LogP contribution in [0.15, 0.2) is 57.3 Å². The molecule has 34 heavy (non-hydrogen) atoms. The van der Waals surface area contributed by atoms with Crippen molar-refractivity contribution in [2.45, 2.75) is 25.6 Å². The van der Waals surface area contributed by atoms with Gasteiger partial charge in [-0.25, -0.2) is 4.90 Å². The van der Waals surface area contributed by atoms with E-state index in [1.54, 1.807) is 49.6 Å². The molecule has 2 unspecified atom stereocenters. The summed E-state index contributed by atoms with van der Waals surface area (Å²) in [6.07, 6.45) is 0. The summed E-state index contributed by atoms with van der Waals surface area (Å²) in [6, 6.07) is 9.98. The Kier molecular flexibility index (Phi) is 5.62. The van der Waals surface area contributed by atoms with Crippen LogP contribution in [0.3, 0.4) is 0 Å². The Bertz CT molecular complexity index is 1290. The molecule has 1 aromatic heterocycles. The van der Waals surface area contributed by atoms with Crippen molar-refractivity contribution in [2.75, 3.05) is 18.6 Å². The average Bonchev–Trinajstić information content (AvgIpc) is 3.52. The smallest absolute Gasteiger partial charge is 0.263 e. The second-order valence-electron chi connectivity index (χ2n) is 7.49. The van der Waals surface area contributed by atoms with E-state index in [1.165, 1.54) is 5.01 Å². The zero-order valence-electron chi connectivity index (χ0n) is 18.2. The molecule has 1 fully saturated rings. The van der Waals surface area contributed by atoms with E-state index in [4.69, 9.17) is 25.6 Å². The molecule has 5 rings (SSSR count). The first kappa shape index (κ1) is 21.8. The van der Waals surface area contributed by atoms with E-state index in [0.29, 0.717) is 40.2 Å². The molecule has 12 heteroatoms. The van der Waals surface area contributed by atoms with Gasteiger partial charge >= 0.3 is 0 Å². The van der Waals surface area contributed by atoms with Crippen molar-refractivity contribution in [3.63, 3.8) is 0 Å². The Hall–Kier alpha value is -3.99. The van der Waals surface area contributed by atoms with Crippen LogP contribution in [0.4, 0.5) is 5.69 Å². The number of halogens is 1. The number of carbonyl (C=O) groups is 2. The monoisotopic (exact) mass is 482 g/mol. The molecule has 0 bridgehead atoms. The highest BCUT2D eigenvalue weighted by Crippen LogP contribution is 2.34. The molecule has 2 aromatic carbocycles. The first-order chi connectivity index (χ1) is 16.5. The SMILES string of the molecule is CCOc1ccc(-c2noc(CN3N=NC4C(=O)N(c5cccc(Cl)c5)C(=O)C43)n2)cc1OC. The van der Waals surface area contributed by atoms with Crippen molar-refractivity contribution in [1.82, 2.24) is 15.1 Å².